The first-order valence-electron chi connectivity index (χ1n) is 13.4. The molecule has 3 aromatic rings. The van der Waals surface area contributed by atoms with Gasteiger partial charge in [-0.2, -0.15) is 5.10 Å². The van der Waals surface area contributed by atoms with Crippen LogP contribution in [0.4, 0.5) is 0 Å². The van der Waals surface area contributed by atoms with Gasteiger partial charge < -0.3 is 18.9 Å². The van der Waals surface area contributed by atoms with E-state index in [9.17, 15) is 9.59 Å². The predicted molar refractivity (Wildman–Crippen MR) is 154 cm³/mol. The molecule has 1 fully saturated rings. The second-order valence-corrected chi connectivity index (χ2v) is 10.3. The monoisotopic (exact) mass is 563 g/mol. The van der Waals surface area contributed by atoms with Crippen LogP contribution >= 0.6 is 11.6 Å². The zero-order valence-corrected chi connectivity index (χ0v) is 23.6. The maximum atomic E-state index is 14.0. The Balaban J connectivity index is 1.44. The number of methoxy groups -OCH3 is 1. The van der Waals surface area contributed by atoms with E-state index in [1.165, 1.54) is 5.01 Å². The number of ether oxygens (including phenoxy) is 2. The van der Waals surface area contributed by atoms with Gasteiger partial charge in [-0.15, -0.1) is 0 Å². The molecule has 0 aliphatic carbocycles. The van der Waals surface area contributed by atoms with Gasteiger partial charge in [-0.3, -0.25) is 14.5 Å². The molecule has 9 nitrogen and oxygen atoms in total. The first-order valence-corrected chi connectivity index (χ1v) is 13.8. The number of aromatic nitrogens is 1. The van der Waals surface area contributed by atoms with E-state index in [0.29, 0.717) is 49.1 Å². The number of morpholine rings is 1. The van der Waals surface area contributed by atoms with Gasteiger partial charge in [-0.1, -0.05) is 41.9 Å². The number of aryl methyl sites for hydroxylation is 1. The molecule has 1 atom stereocenters. The van der Waals surface area contributed by atoms with Crippen molar-refractivity contribution < 1.29 is 19.1 Å². The van der Waals surface area contributed by atoms with Crippen LogP contribution in [0.2, 0.25) is 5.02 Å². The van der Waals surface area contributed by atoms with Crippen LogP contribution in [0.5, 0.6) is 5.75 Å². The largest absolute Gasteiger partial charge is 0.496 e. The zero-order chi connectivity index (χ0) is 28.1. The maximum Gasteiger partial charge on any atom is 0.262 e. The lowest BCUT2D eigenvalue weighted by Gasteiger charge is -2.31. The summed E-state index contributed by atoms with van der Waals surface area (Å²) in [6, 6.07) is 18.2. The molecule has 0 radical (unpaired) electrons. The van der Waals surface area contributed by atoms with E-state index in [0.717, 1.165) is 30.1 Å². The fraction of sp³-hybridized carbons (Fsp3) is 0.367. The number of carbonyl (C=O) groups is 2. The quantitative estimate of drug-likeness (QED) is 0.395. The minimum Gasteiger partial charge on any atom is -0.496 e. The summed E-state index contributed by atoms with van der Waals surface area (Å²) in [6.45, 7) is 3.75. The highest BCUT2D eigenvalue weighted by molar-refractivity contribution is 6.33. The number of hydrazone groups is 1. The number of benzene rings is 2. The van der Waals surface area contributed by atoms with Crippen molar-refractivity contribution in [3.63, 3.8) is 0 Å². The normalized spacial score (nSPS) is 17.5. The zero-order valence-electron chi connectivity index (χ0n) is 22.8. The average Bonchev–Trinajstić information content (AvgIpc) is 3.62. The number of halogens is 1. The summed E-state index contributed by atoms with van der Waals surface area (Å²) in [7, 11) is 3.57. The molecule has 5 rings (SSSR count). The van der Waals surface area contributed by atoms with E-state index in [1.807, 2.05) is 54.2 Å². The van der Waals surface area contributed by atoms with Gasteiger partial charge in [0.2, 0.25) is 0 Å². The van der Waals surface area contributed by atoms with Crippen molar-refractivity contribution in [3.05, 3.63) is 88.7 Å². The number of hydrogen-bond acceptors (Lipinski definition) is 6. The Hall–Kier alpha value is -3.66. The van der Waals surface area contributed by atoms with Crippen LogP contribution in [0.3, 0.4) is 0 Å². The fourth-order valence-electron chi connectivity index (χ4n) is 5.22. The molecule has 2 amide bonds. The van der Waals surface area contributed by atoms with Crippen molar-refractivity contribution in [1.82, 2.24) is 19.4 Å². The van der Waals surface area contributed by atoms with Crippen LogP contribution in [0.15, 0.2) is 72.0 Å². The molecule has 2 aliphatic rings. The van der Waals surface area contributed by atoms with Crippen LogP contribution in [-0.2, 0) is 16.6 Å². The lowest BCUT2D eigenvalue weighted by Crippen LogP contribution is -2.46. The fourth-order valence-corrected chi connectivity index (χ4v) is 5.44. The van der Waals surface area contributed by atoms with Gasteiger partial charge in [-0.25, -0.2) is 5.01 Å². The van der Waals surface area contributed by atoms with E-state index < -0.39 is 0 Å². The Morgan fingerprint density at radius 3 is 2.55 bits per heavy atom. The molecule has 0 bridgehead atoms. The lowest BCUT2D eigenvalue weighted by atomic mass is 9.99. The number of rotatable bonds is 9. The van der Waals surface area contributed by atoms with Crippen molar-refractivity contribution in [2.45, 2.75) is 12.5 Å². The number of amides is 2. The number of para-hydroxylation sites is 1. The molecular weight excluding hydrogens is 530 g/mol. The molecule has 0 N–H and O–H groups in total. The lowest BCUT2D eigenvalue weighted by molar-refractivity contribution is -0.133. The molecule has 3 heterocycles. The Morgan fingerprint density at radius 1 is 1.07 bits per heavy atom. The summed E-state index contributed by atoms with van der Waals surface area (Å²) in [5.41, 5.74) is 2.97. The van der Waals surface area contributed by atoms with E-state index in [-0.39, 0.29) is 24.4 Å². The second-order valence-electron chi connectivity index (χ2n) is 9.91. The van der Waals surface area contributed by atoms with Crippen LogP contribution in [0.25, 0.3) is 0 Å². The van der Waals surface area contributed by atoms with Crippen molar-refractivity contribution >= 4 is 29.1 Å². The third kappa shape index (κ3) is 6.06. The SMILES string of the molecule is COc1ccccc1[C@@H]1CC(c2cccn2C)=NN1C(=O)CN(CCN1CCOCC1)C(=O)c1ccccc1Cl. The first-order chi connectivity index (χ1) is 19.5. The van der Waals surface area contributed by atoms with E-state index >= 15 is 0 Å². The molecule has 40 heavy (non-hydrogen) atoms. The number of nitrogens with zero attached hydrogens (tertiary/aromatic N) is 5. The summed E-state index contributed by atoms with van der Waals surface area (Å²) in [6.07, 6.45) is 2.48. The number of hydrogen-bond donors (Lipinski definition) is 0. The van der Waals surface area contributed by atoms with E-state index in [4.69, 9.17) is 26.2 Å². The van der Waals surface area contributed by atoms with Crippen molar-refractivity contribution in [3.8, 4) is 5.75 Å². The summed E-state index contributed by atoms with van der Waals surface area (Å²) in [5, 5.41) is 6.68. The third-order valence-electron chi connectivity index (χ3n) is 7.41. The Labute approximate surface area is 239 Å². The molecular formula is C30H34ClN5O4. The van der Waals surface area contributed by atoms with Gasteiger partial charge in [0.15, 0.2) is 0 Å². The summed E-state index contributed by atoms with van der Waals surface area (Å²) < 4.78 is 13.1. The molecule has 210 valence electrons. The highest BCUT2D eigenvalue weighted by Crippen LogP contribution is 2.37. The Bertz CT molecular complexity index is 1380. The molecule has 0 spiro atoms. The van der Waals surface area contributed by atoms with Gasteiger partial charge in [0.25, 0.3) is 11.8 Å². The van der Waals surface area contributed by atoms with Gasteiger partial charge in [0.1, 0.15) is 12.3 Å². The molecule has 2 aromatic carbocycles. The molecule has 1 saturated heterocycles. The third-order valence-corrected chi connectivity index (χ3v) is 7.74. The first kappa shape index (κ1) is 27.9. The van der Waals surface area contributed by atoms with E-state index in [2.05, 4.69) is 4.90 Å². The van der Waals surface area contributed by atoms with Crippen LogP contribution in [0.1, 0.15) is 34.1 Å². The van der Waals surface area contributed by atoms with Crippen LogP contribution < -0.4 is 4.74 Å². The number of carbonyl (C=O) groups excluding carboxylic acids is 2. The van der Waals surface area contributed by atoms with Gasteiger partial charge in [0.05, 0.1) is 48.4 Å². The summed E-state index contributed by atoms with van der Waals surface area (Å²) >= 11 is 6.40. The minimum atomic E-state index is -0.370. The molecule has 1 aromatic heterocycles. The molecule has 10 heteroatoms. The highest BCUT2D eigenvalue weighted by Gasteiger charge is 2.36. The maximum absolute atomic E-state index is 14.0. The van der Waals surface area contributed by atoms with Crippen molar-refractivity contribution in [2.75, 3.05) is 53.0 Å². The molecule has 0 saturated carbocycles. The Morgan fingerprint density at radius 2 is 1.82 bits per heavy atom. The molecule has 0 unspecified atom stereocenters. The van der Waals surface area contributed by atoms with Gasteiger partial charge in [0, 0.05) is 51.4 Å². The summed E-state index contributed by atoms with van der Waals surface area (Å²) in [4.78, 5) is 31.5. The van der Waals surface area contributed by atoms with Crippen LogP contribution in [-0.4, -0.2) is 89.9 Å². The second kappa shape index (κ2) is 12.7. The van der Waals surface area contributed by atoms with Crippen LogP contribution in [0, 0.1) is 0 Å². The van der Waals surface area contributed by atoms with Gasteiger partial charge >= 0.3 is 0 Å². The average molecular weight is 564 g/mol. The van der Waals surface area contributed by atoms with E-state index in [1.54, 1.807) is 36.3 Å². The van der Waals surface area contributed by atoms with Gasteiger partial charge in [-0.05, 0) is 30.3 Å². The Kier molecular flexibility index (Phi) is 8.84. The van der Waals surface area contributed by atoms with Crippen molar-refractivity contribution in [2.24, 2.45) is 12.1 Å². The predicted octanol–water partition coefficient (Wildman–Crippen LogP) is 3.84. The minimum absolute atomic E-state index is 0.135. The topological polar surface area (TPSA) is 79.6 Å². The van der Waals surface area contributed by atoms with Crippen molar-refractivity contribution in [1.29, 1.82) is 0 Å². The standard InChI is InChI=1S/C30H34ClN5O4/c1-33-13-7-11-26(33)25-20-27(23-9-4-6-12-28(23)39-2)36(32-25)29(37)21-35(15-14-34-16-18-40-19-17-34)30(38)22-8-3-5-10-24(22)31/h3-13,27H,14-21H2,1-2H3/t27-/m0/s1. The highest BCUT2D eigenvalue weighted by atomic mass is 35.5. The smallest absolute Gasteiger partial charge is 0.262 e. The molecule has 2 aliphatic heterocycles. The summed E-state index contributed by atoms with van der Waals surface area (Å²) in [5.74, 6) is 0.124.